The Bertz CT molecular complexity index is 735. The summed E-state index contributed by atoms with van der Waals surface area (Å²) in [5, 5.41) is 4.03. The van der Waals surface area contributed by atoms with Crippen molar-refractivity contribution < 1.29 is 14.3 Å². The molecule has 2 rings (SSSR count). The molecule has 0 heterocycles. The lowest BCUT2D eigenvalue weighted by molar-refractivity contribution is -0.120. The summed E-state index contributed by atoms with van der Waals surface area (Å²) in [6.07, 6.45) is 2.95. The van der Waals surface area contributed by atoms with E-state index in [0.717, 1.165) is 22.6 Å². The van der Waals surface area contributed by atoms with Gasteiger partial charge >= 0.3 is 0 Å². The van der Waals surface area contributed by atoms with Crippen LogP contribution in [0.4, 0.5) is 0 Å². The normalized spacial score (nSPS) is 10.7. The molecule has 0 spiro atoms. The molecule has 0 saturated carbocycles. The molecule has 6 heteroatoms. The van der Waals surface area contributed by atoms with Gasteiger partial charge in [-0.3, -0.25) is 4.79 Å². The van der Waals surface area contributed by atoms with Crippen LogP contribution in [0.25, 0.3) is 0 Å². The molecule has 0 bridgehead atoms. The molecule has 144 valence electrons. The monoisotopic (exact) mass is 386 g/mol. The minimum Gasteiger partial charge on any atom is -0.490 e. The standard InChI is InChI=1S/C21H26N2O3S/c1-3-13-26-19-11-10-17(15-20(19)25-4-2)16-22-23-21(24)12-14-27-18-8-6-5-7-9-18/h5-11,15-16H,3-4,12-14H2,1-2H3,(H,23,24)/b22-16+. The fourth-order valence-electron chi connectivity index (χ4n) is 2.22. The second kappa shape index (κ2) is 12.0. The van der Waals surface area contributed by atoms with E-state index in [9.17, 15) is 4.79 Å². The molecular formula is C21H26N2O3S. The van der Waals surface area contributed by atoms with Crippen LogP contribution in [-0.4, -0.2) is 31.1 Å². The summed E-state index contributed by atoms with van der Waals surface area (Å²) in [5.74, 6) is 2.00. The predicted octanol–water partition coefficient (Wildman–Crippen LogP) is 4.51. The molecule has 5 nitrogen and oxygen atoms in total. The molecule has 0 aromatic heterocycles. The highest BCUT2D eigenvalue weighted by atomic mass is 32.2. The maximum absolute atomic E-state index is 11.9. The van der Waals surface area contributed by atoms with Crippen LogP contribution in [0.5, 0.6) is 11.5 Å². The lowest BCUT2D eigenvalue weighted by Gasteiger charge is -2.11. The van der Waals surface area contributed by atoms with Gasteiger partial charge in [-0.2, -0.15) is 5.10 Å². The number of hydrogen-bond donors (Lipinski definition) is 1. The molecule has 0 atom stereocenters. The van der Waals surface area contributed by atoms with Gasteiger partial charge in [0.15, 0.2) is 11.5 Å². The smallest absolute Gasteiger partial charge is 0.240 e. The van der Waals surface area contributed by atoms with Crippen LogP contribution in [0.1, 0.15) is 32.3 Å². The molecule has 1 N–H and O–H groups in total. The van der Waals surface area contributed by atoms with Crippen molar-refractivity contribution in [3.63, 3.8) is 0 Å². The Morgan fingerprint density at radius 1 is 1.11 bits per heavy atom. The number of benzene rings is 2. The van der Waals surface area contributed by atoms with Gasteiger partial charge in [0, 0.05) is 17.1 Å². The van der Waals surface area contributed by atoms with Crippen LogP contribution in [-0.2, 0) is 4.79 Å². The number of hydrazone groups is 1. The average molecular weight is 387 g/mol. The Hall–Kier alpha value is -2.47. The lowest BCUT2D eigenvalue weighted by atomic mass is 10.2. The molecule has 0 aliphatic carbocycles. The maximum atomic E-state index is 11.9. The van der Waals surface area contributed by atoms with Crippen molar-refractivity contribution in [2.75, 3.05) is 19.0 Å². The van der Waals surface area contributed by atoms with E-state index in [2.05, 4.69) is 17.5 Å². The van der Waals surface area contributed by atoms with Gasteiger partial charge in [-0.25, -0.2) is 5.43 Å². The highest BCUT2D eigenvalue weighted by molar-refractivity contribution is 7.99. The minimum atomic E-state index is -0.109. The van der Waals surface area contributed by atoms with Crippen molar-refractivity contribution in [1.82, 2.24) is 5.43 Å². The SMILES string of the molecule is CCCOc1ccc(/C=N/NC(=O)CCSc2ccccc2)cc1OCC. The highest BCUT2D eigenvalue weighted by Crippen LogP contribution is 2.28. The second-order valence-corrected chi connectivity index (χ2v) is 6.86. The quantitative estimate of drug-likeness (QED) is 0.351. The van der Waals surface area contributed by atoms with E-state index in [0.29, 0.717) is 31.1 Å². The van der Waals surface area contributed by atoms with E-state index in [1.807, 2.05) is 55.5 Å². The number of hydrogen-bond acceptors (Lipinski definition) is 5. The van der Waals surface area contributed by atoms with E-state index in [-0.39, 0.29) is 5.91 Å². The first-order valence-electron chi connectivity index (χ1n) is 9.12. The average Bonchev–Trinajstić information content (AvgIpc) is 2.68. The van der Waals surface area contributed by atoms with Gasteiger partial charge in [0.05, 0.1) is 19.4 Å². The zero-order valence-corrected chi connectivity index (χ0v) is 16.6. The van der Waals surface area contributed by atoms with Gasteiger partial charge in [-0.05, 0) is 49.2 Å². The van der Waals surface area contributed by atoms with Crippen molar-refractivity contribution in [3.05, 3.63) is 54.1 Å². The molecule has 1 amide bonds. The van der Waals surface area contributed by atoms with Crippen LogP contribution in [0.2, 0.25) is 0 Å². The molecular weight excluding hydrogens is 360 g/mol. The first-order chi connectivity index (χ1) is 13.2. The summed E-state index contributed by atoms with van der Waals surface area (Å²) in [6, 6.07) is 15.6. The van der Waals surface area contributed by atoms with Crippen molar-refractivity contribution in [2.24, 2.45) is 5.10 Å². The van der Waals surface area contributed by atoms with Crippen LogP contribution < -0.4 is 14.9 Å². The fraction of sp³-hybridized carbons (Fsp3) is 0.333. The van der Waals surface area contributed by atoms with Gasteiger partial charge in [-0.15, -0.1) is 11.8 Å². The Labute approximate surface area is 165 Å². The summed E-state index contributed by atoms with van der Waals surface area (Å²) < 4.78 is 11.3. The van der Waals surface area contributed by atoms with Crippen molar-refractivity contribution in [3.8, 4) is 11.5 Å². The van der Waals surface area contributed by atoms with E-state index in [1.165, 1.54) is 0 Å². The predicted molar refractivity (Wildman–Crippen MR) is 111 cm³/mol. The number of nitrogens with zero attached hydrogens (tertiary/aromatic N) is 1. The first-order valence-corrected chi connectivity index (χ1v) is 10.1. The van der Waals surface area contributed by atoms with E-state index >= 15 is 0 Å². The van der Waals surface area contributed by atoms with Crippen LogP contribution in [0, 0.1) is 0 Å². The molecule has 27 heavy (non-hydrogen) atoms. The van der Waals surface area contributed by atoms with Gasteiger partial charge in [0.2, 0.25) is 5.91 Å². The third-order valence-corrected chi connectivity index (χ3v) is 4.49. The lowest BCUT2D eigenvalue weighted by Crippen LogP contribution is -2.17. The Morgan fingerprint density at radius 2 is 1.93 bits per heavy atom. The van der Waals surface area contributed by atoms with Gasteiger partial charge in [0.1, 0.15) is 0 Å². The second-order valence-electron chi connectivity index (χ2n) is 5.69. The molecule has 0 aliphatic rings. The molecule has 0 radical (unpaired) electrons. The molecule has 0 unspecified atom stereocenters. The number of ether oxygens (including phenoxy) is 2. The van der Waals surface area contributed by atoms with Crippen molar-refractivity contribution in [2.45, 2.75) is 31.6 Å². The Morgan fingerprint density at radius 3 is 2.67 bits per heavy atom. The molecule has 0 saturated heterocycles. The zero-order valence-electron chi connectivity index (χ0n) is 15.8. The Balaban J connectivity index is 1.81. The third kappa shape index (κ3) is 7.74. The number of carbonyl (C=O) groups is 1. The number of rotatable bonds is 11. The van der Waals surface area contributed by atoms with Gasteiger partial charge in [-0.1, -0.05) is 25.1 Å². The highest BCUT2D eigenvalue weighted by Gasteiger charge is 2.06. The first kappa shape index (κ1) is 20.8. The Kier molecular flexibility index (Phi) is 9.27. The summed E-state index contributed by atoms with van der Waals surface area (Å²) in [5.41, 5.74) is 3.40. The largest absolute Gasteiger partial charge is 0.490 e. The summed E-state index contributed by atoms with van der Waals surface area (Å²) >= 11 is 1.65. The summed E-state index contributed by atoms with van der Waals surface area (Å²) in [6.45, 7) is 5.18. The maximum Gasteiger partial charge on any atom is 0.240 e. The van der Waals surface area contributed by atoms with Gasteiger partial charge < -0.3 is 9.47 Å². The van der Waals surface area contributed by atoms with Gasteiger partial charge in [0.25, 0.3) is 0 Å². The van der Waals surface area contributed by atoms with Crippen LogP contribution >= 0.6 is 11.8 Å². The van der Waals surface area contributed by atoms with Crippen molar-refractivity contribution in [1.29, 1.82) is 0 Å². The topological polar surface area (TPSA) is 59.9 Å². The molecule has 2 aromatic carbocycles. The van der Waals surface area contributed by atoms with E-state index in [1.54, 1.807) is 18.0 Å². The number of nitrogens with one attached hydrogen (secondary N) is 1. The zero-order chi connectivity index (χ0) is 19.3. The van der Waals surface area contributed by atoms with E-state index < -0.39 is 0 Å². The number of carbonyl (C=O) groups excluding carboxylic acids is 1. The van der Waals surface area contributed by atoms with Crippen LogP contribution in [0.15, 0.2) is 58.5 Å². The van der Waals surface area contributed by atoms with Crippen LogP contribution in [0.3, 0.4) is 0 Å². The van der Waals surface area contributed by atoms with E-state index in [4.69, 9.17) is 9.47 Å². The minimum absolute atomic E-state index is 0.109. The number of thioether (sulfide) groups is 1. The fourth-order valence-corrected chi connectivity index (χ4v) is 3.09. The molecule has 2 aromatic rings. The van der Waals surface area contributed by atoms with Crippen molar-refractivity contribution >= 4 is 23.9 Å². The molecule has 0 fully saturated rings. The summed E-state index contributed by atoms with van der Waals surface area (Å²) in [4.78, 5) is 13.0. The number of amides is 1. The summed E-state index contributed by atoms with van der Waals surface area (Å²) in [7, 11) is 0. The molecule has 0 aliphatic heterocycles. The third-order valence-electron chi connectivity index (χ3n) is 3.47.